The van der Waals surface area contributed by atoms with Crippen molar-refractivity contribution in [1.29, 1.82) is 0 Å². The summed E-state index contributed by atoms with van der Waals surface area (Å²) in [6.07, 6.45) is 0.601. The minimum atomic E-state index is -0.370. The van der Waals surface area contributed by atoms with E-state index in [2.05, 4.69) is 5.32 Å². The first-order chi connectivity index (χ1) is 14.5. The Kier molecular flexibility index (Phi) is 5.63. The van der Waals surface area contributed by atoms with E-state index < -0.39 is 0 Å². The lowest BCUT2D eigenvalue weighted by molar-refractivity contribution is -0.384. The second-order valence-electron chi connectivity index (χ2n) is 6.95. The van der Waals surface area contributed by atoms with Gasteiger partial charge in [-0.25, -0.2) is 0 Å². The third-order valence-electron chi connectivity index (χ3n) is 4.74. The van der Waals surface area contributed by atoms with Gasteiger partial charge in [-0.05, 0) is 35.4 Å². The molecule has 0 spiro atoms. The van der Waals surface area contributed by atoms with Crippen LogP contribution < -0.4 is 5.32 Å². The molecule has 4 rings (SSSR count). The van der Waals surface area contributed by atoms with Crippen molar-refractivity contribution in [3.05, 3.63) is 94.0 Å². The van der Waals surface area contributed by atoms with Crippen molar-refractivity contribution < 1.29 is 9.72 Å². The molecule has 0 saturated carbocycles. The van der Waals surface area contributed by atoms with Gasteiger partial charge >= 0.3 is 0 Å². The lowest BCUT2D eigenvalue weighted by atomic mass is 10.0. The van der Waals surface area contributed by atoms with Crippen molar-refractivity contribution in [1.82, 2.24) is 0 Å². The highest BCUT2D eigenvalue weighted by atomic mass is 32.2. The number of nitrogens with zero attached hydrogens (tertiary/aromatic N) is 2. The predicted octanol–water partition coefficient (Wildman–Crippen LogP) is 5.91. The Morgan fingerprint density at radius 2 is 1.90 bits per heavy atom. The topological polar surface area (TPSA) is 84.6 Å². The third kappa shape index (κ3) is 4.41. The van der Waals surface area contributed by atoms with Gasteiger partial charge in [0.15, 0.2) is 0 Å². The zero-order valence-electron chi connectivity index (χ0n) is 16.2. The van der Waals surface area contributed by atoms with E-state index in [0.717, 1.165) is 27.4 Å². The van der Waals surface area contributed by atoms with Crippen molar-refractivity contribution in [3.63, 3.8) is 0 Å². The molecule has 1 N–H and O–H groups in total. The normalized spacial score (nSPS) is 15.5. The highest BCUT2D eigenvalue weighted by molar-refractivity contribution is 7.99. The van der Waals surface area contributed by atoms with Crippen LogP contribution in [0.25, 0.3) is 0 Å². The van der Waals surface area contributed by atoms with Gasteiger partial charge < -0.3 is 5.32 Å². The Morgan fingerprint density at radius 1 is 1.10 bits per heavy atom. The fraction of sp³-hybridized carbons (Fsp3) is 0.130. The van der Waals surface area contributed by atoms with E-state index in [-0.39, 0.29) is 21.8 Å². The first-order valence-corrected chi connectivity index (χ1v) is 10.3. The van der Waals surface area contributed by atoms with Crippen molar-refractivity contribution in [3.8, 4) is 0 Å². The molecule has 3 aromatic rings. The van der Waals surface area contributed by atoms with Crippen molar-refractivity contribution in [2.24, 2.45) is 4.99 Å². The number of anilines is 1. The molecule has 0 saturated heterocycles. The van der Waals surface area contributed by atoms with Gasteiger partial charge in [-0.2, -0.15) is 0 Å². The zero-order chi connectivity index (χ0) is 21.1. The molecule has 0 aromatic heterocycles. The molecule has 6 nitrogen and oxygen atoms in total. The van der Waals surface area contributed by atoms with E-state index in [1.54, 1.807) is 23.9 Å². The number of para-hydroxylation sites is 1. The number of fused-ring (bicyclic) bond motifs is 1. The van der Waals surface area contributed by atoms with Crippen LogP contribution in [0.2, 0.25) is 0 Å². The average Bonchev–Trinajstić information content (AvgIpc) is 2.93. The van der Waals surface area contributed by atoms with Gasteiger partial charge in [0.1, 0.15) is 0 Å². The molecule has 0 bridgehead atoms. The summed E-state index contributed by atoms with van der Waals surface area (Å²) in [7, 11) is 0. The summed E-state index contributed by atoms with van der Waals surface area (Å²) in [6.45, 7) is 1.47. The molecule has 1 atom stereocenters. The molecule has 30 heavy (non-hydrogen) atoms. The summed E-state index contributed by atoms with van der Waals surface area (Å²) >= 11 is 1.66. The summed E-state index contributed by atoms with van der Waals surface area (Å²) in [5, 5.41) is 14.0. The molecule has 1 aliphatic heterocycles. The molecule has 0 aliphatic carbocycles. The number of thioether (sulfide) groups is 1. The average molecular weight is 417 g/mol. The number of nitro benzene ring substituents is 1. The van der Waals surface area contributed by atoms with Gasteiger partial charge in [0.25, 0.3) is 5.69 Å². The van der Waals surface area contributed by atoms with Crippen molar-refractivity contribution in [2.45, 2.75) is 23.5 Å². The van der Waals surface area contributed by atoms with Gasteiger partial charge in [-0.3, -0.25) is 19.9 Å². The number of non-ortho nitro benzene ring substituents is 1. The molecule has 7 heteroatoms. The first-order valence-electron chi connectivity index (χ1n) is 9.45. The zero-order valence-corrected chi connectivity index (χ0v) is 17.1. The van der Waals surface area contributed by atoms with E-state index in [4.69, 9.17) is 4.99 Å². The lowest BCUT2D eigenvalue weighted by Crippen LogP contribution is -2.09. The Bertz CT molecular complexity index is 1160. The molecular weight excluding hydrogens is 398 g/mol. The van der Waals surface area contributed by atoms with Crippen LogP contribution in [0, 0.1) is 10.1 Å². The van der Waals surface area contributed by atoms with Gasteiger partial charge in [0, 0.05) is 47.0 Å². The van der Waals surface area contributed by atoms with Crippen LogP contribution in [-0.2, 0) is 4.79 Å². The Hall–Kier alpha value is -3.45. The monoisotopic (exact) mass is 417 g/mol. The molecule has 1 unspecified atom stereocenters. The largest absolute Gasteiger partial charge is 0.326 e. The highest BCUT2D eigenvalue weighted by Gasteiger charge is 2.24. The van der Waals surface area contributed by atoms with Gasteiger partial charge in [0.2, 0.25) is 5.91 Å². The maximum absolute atomic E-state index is 11.4. The smallest absolute Gasteiger partial charge is 0.269 e. The molecule has 1 heterocycles. The van der Waals surface area contributed by atoms with E-state index in [1.165, 1.54) is 13.0 Å². The second kappa shape index (κ2) is 8.51. The van der Waals surface area contributed by atoms with Crippen LogP contribution in [-0.4, -0.2) is 16.5 Å². The SMILES string of the molecule is CC(=O)Nc1cccc(C2=Nc3ccccc3SC(c3cccc([N+](=O)[O-])c3)C2)c1. The fourth-order valence-electron chi connectivity index (χ4n) is 3.40. The quantitative estimate of drug-likeness (QED) is 0.422. The summed E-state index contributed by atoms with van der Waals surface area (Å²) in [6, 6.07) is 22.3. The van der Waals surface area contributed by atoms with Gasteiger partial charge in [-0.15, -0.1) is 11.8 Å². The summed E-state index contributed by atoms with van der Waals surface area (Å²) in [5.74, 6) is -0.134. The number of nitro groups is 1. The summed E-state index contributed by atoms with van der Waals surface area (Å²) in [4.78, 5) is 28.3. The van der Waals surface area contributed by atoms with E-state index in [9.17, 15) is 14.9 Å². The number of carbonyl (C=O) groups excluding carboxylic acids is 1. The van der Waals surface area contributed by atoms with E-state index in [1.807, 2.05) is 54.6 Å². The van der Waals surface area contributed by atoms with E-state index in [0.29, 0.717) is 12.1 Å². The fourth-order valence-corrected chi connectivity index (χ4v) is 4.62. The third-order valence-corrected chi connectivity index (χ3v) is 6.06. The minimum absolute atomic E-state index is 0.0308. The molecular formula is C23H19N3O3S. The van der Waals surface area contributed by atoms with Crippen LogP contribution in [0.4, 0.5) is 17.1 Å². The molecule has 150 valence electrons. The minimum Gasteiger partial charge on any atom is -0.326 e. The molecule has 3 aromatic carbocycles. The van der Waals surface area contributed by atoms with Crippen LogP contribution >= 0.6 is 11.8 Å². The number of carbonyl (C=O) groups is 1. The number of hydrogen-bond donors (Lipinski definition) is 1. The number of hydrogen-bond acceptors (Lipinski definition) is 5. The number of nitrogens with one attached hydrogen (secondary N) is 1. The van der Waals surface area contributed by atoms with Crippen molar-refractivity contribution >= 4 is 40.4 Å². The first kappa shape index (κ1) is 19.8. The second-order valence-corrected chi connectivity index (χ2v) is 8.20. The molecule has 1 amide bonds. The standard InChI is InChI=1S/C23H19N3O3S/c1-15(27)24-18-8-4-6-16(12-18)21-14-23(17-7-5-9-19(13-17)26(28)29)30-22-11-3-2-10-20(22)25-21/h2-13,23H,14H2,1H3,(H,24,27). The molecule has 0 radical (unpaired) electrons. The van der Waals surface area contributed by atoms with Crippen LogP contribution in [0.15, 0.2) is 82.7 Å². The highest BCUT2D eigenvalue weighted by Crippen LogP contribution is 2.46. The number of aliphatic imine (C=N–C) groups is 1. The number of rotatable bonds is 4. The predicted molar refractivity (Wildman–Crippen MR) is 120 cm³/mol. The Morgan fingerprint density at radius 3 is 2.70 bits per heavy atom. The molecule has 1 aliphatic rings. The summed E-state index contributed by atoms with van der Waals surface area (Å²) < 4.78 is 0. The van der Waals surface area contributed by atoms with Crippen LogP contribution in [0.5, 0.6) is 0 Å². The van der Waals surface area contributed by atoms with E-state index >= 15 is 0 Å². The lowest BCUT2D eigenvalue weighted by Gasteiger charge is -2.16. The van der Waals surface area contributed by atoms with Gasteiger partial charge in [-0.1, -0.05) is 36.4 Å². The maximum Gasteiger partial charge on any atom is 0.269 e. The van der Waals surface area contributed by atoms with Crippen LogP contribution in [0.3, 0.4) is 0 Å². The Labute approximate surface area is 178 Å². The van der Waals surface area contributed by atoms with Crippen molar-refractivity contribution in [2.75, 3.05) is 5.32 Å². The maximum atomic E-state index is 11.4. The molecule has 0 fully saturated rings. The van der Waals surface area contributed by atoms with Gasteiger partial charge in [0.05, 0.1) is 10.6 Å². The summed E-state index contributed by atoms with van der Waals surface area (Å²) in [5.41, 5.74) is 4.33. The van der Waals surface area contributed by atoms with Crippen LogP contribution in [0.1, 0.15) is 29.7 Å². The number of benzene rings is 3. The number of amides is 1. The Balaban J connectivity index is 1.77.